The number of halogens is 2. The summed E-state index contributed by atoms with van der Waals surface area (Å²) in [6.07, 6.45) is 0.518. The molecule has 1 unspecified atom stereocenters. The van der Waals surface area contributed by atoms with Crippen LogP contribution in [0.1, 0.15) is 13.3 Å². The van der Waals surface area contributed by atoms with Gasteiger partial charge in [-0.15, -0.1) is 0 Å². The lowest BCUT2D eigenvalue weighted by Crippen LogP contribution is -2.36. The maximum atomic E-state index is 11.9. The summed E-state index contributed by atoms with van der Waals surface area (Å²) in [5, 5.41) is 9.42. The Labute approximate surface area is 114 Å². The zero-order chi connectivity index (χ0) is 13.1. The van der Waals surface area contributed by atoms with E-state index in [2.05, 4.69) is 20.7 Å². The number of aliphatic hydroxyl groups excluding tert-OH is 1. The van der Waals surface area contributed by atoms with Crippen molar-refractivity contribution < 1.29 is 13.5 Å². The summed E-state index contributed by atoms with van der Waals surface area (Å²) >= 11 is 8.95. The Kier molecular flexibility index (Phi) is 5.40. The molecule has 0 aliphatic carbocycles. The molecular weight excluding hydrogens is 330 g/mol. The Hall–Kier alpha value is -0.140. The second-order valence-electron chi connectivity index (χ2n) is 3.48. The molecule has 0 aromatic heterocycles. The highest BCUT2D eigenvalue weighted by atomic mass is 79.9. The number of aliphatic hydroxyl groups is 1. The van der Waals surface area contributed by atoms with Crippen LogP contribution in [0, 0.1) is 0 Å². The van der Waals surface area contributed by atoms with E-state index in [4.69, 9.17) is 16.7 Å². The molecule has 0 amide bonds. The molecule has 4 nitrogen and oxygen atoms in total. The second-order valence-corrected chi connectivity index (χ2v) is 6.46. The summed E-state index contributed by atoms with van der Waals surface area (Å²) in [6, 6.07) is 3.86. The molecule has 0 aliphatic heterocycles. The van der Waals surface area contributed by atoms with Crippen LogP contribution in [0.15, 0.2) is 27.6 Å². The normalized spacial score (nSPS) is 13.6. The molecule has 0 saturated heterocycles. The van der Waals surface area contributed by atoms with Gasteiger partial charge in [0.1, 0.15) is 0 Å². The van der Waals surface area contributed by atoms with Gasteiger partial charge >= 0.3 is 0 Å². The minimum absolute atomic E-state index is 0.112. The molecule has 1 rings (SSSR count). The first kappa shape index (κ1) is 14.9. The zero-order valence-corrected chi connectivity index (χ0v) is 12.3. The van der Waals surface area contributed by atoms with E-state index in [-0.39, 0.29) is 11.5 Å². The summed E-state index contributed by atoms with van der Waals surface area (Å²) in [6.45, 7) is 1.56. The van der Waals surface area contributed by atoms with Crippen LogP contribution in [0.3, 0.4) is 0 Å². The molecule has 0 saturated carbocycles. The molecular formula is C10H13BrClNO3S. The van der Waals surface area contributed by atoms with Gasteiger partial charge < -0.3 is 5.11 Å². The van der Waals surface area contributed by atoms with Crippen molar-refractivity contribution >= 4 is 37.6 Å². The quantitative estimate of drug-likeness (QED) is 0.861. The van der Waals surface area contributed by atoms with Crippen LogP contribution in [0.25, 0.3) is 0 Å². The lowest BCUT2D eigenvalue weighted by atomic mass is 10.3. The van der Waals surface area contributed by atoms with E-state index in [9.17, 15) is 8.42 Å². The van der Waals surface area contributed by atoms with Crippen molar-refractivity contribution in [1.82, 2.24) is 4.72 Å². The molecule has 96 valence electrons. The summed E-state index contributed by atoms with van der Waals surface area (Å²) < 4.78 is 26.8. The van der Waals surface area contributed by atoms with Gasteiger partial charge in [0.15, 0.2) is 0 Å². The van der Waals surface area contributed by atoms with Crippen molar-refractivity contribution in [2.75, 3.05) is 6.61 Å². The SMILES string of the molecule is CCC(CO)NS(=O)(=O)c1ccc(Cl)c(Br)c1. The van der Waals surface area contributed by atoms with E-state index in [0.717, 1.165) is 0 Å². The Balaban J connectivity index is 3.01. The van der Waals surface area contributed by atoms with Gasteiger partial charge in [-0.3, -0.25) is 0 Å². The lowest BCUT2D eigenvalue weighted by Gasteiger charge is -2.14. The smallest absolute Gasteiger partial charge is 0.240 e. The van der Waals surface area contributed by atoms with E-state index in [0.29, 0.717) is 15.9 Å². The monoisotopic (exact) mass is 341 g/mol. The Morgan fingerprint density at radius 3 is 2.65 bits per heavy atom. The first-order valence-corrected chi connectivity index (χ1v) is 7.64. The molecule has 7 heteroatoms. The van der Waals surface area contributed by atoms with Crippen LogP contribution in [-0.2, 0) is 10.0 Å². The first-order valence-electron chi connectivity index (χ1n) is 4.99. The lowest BCUT2D eigenvalue weighted by molar-refractivity contribution is 0.254. The van der Waals surface area contributed by atoms with Crippen molar-refractivity contribution in [3.8, 4) is 0 Å². The Morgan fingerprint density at radius 2 is 2.18 bits per heavy atom. The van der Waals surface area contributed by atoms with Crippen LogP contribution in [-0.4, -0.2) is 26.2 Å². The summed E-state index contributed by atoms with van der Waals surface area (Å²) in [5.74, 6) is 0. The van der Waals surface area contributed by atoms with E-state index in [1.807, 2.05) is 0 Å². The third kappa shape index (κ3) is 3.93. The minimum atomic E-state index is -3.62. The first-order chi connectivity index (χ1) is 7.90. The molecule has 1 aromatic carbocycles. The fourth-order valence-corrected chi connectivity index (χ4v) is 3.17. The average Bonchev–Trinajstić information content (AvgIpc) is 2.29. The van der Waals surface area contributed by atoms with Gasteiger partial charge in [-0.1, -0.05) is 18.5 Å². The predicted molar refractivity (Wildman–Crippen MR) is 70.6 cm³/mol. The molecule has 0 aliphatic rings. The van der Waals surface area contributed by atoms with E-state index >= 15 is 0 Å². The number of nitrogens with one attached hydrogen (secondary N) is 1. The maximum absolute atomic E-state index is 11.9. The molecule has 2 N–H and O–H groups in total. The van der Waals surface area contributed by atoms with E-state index in [1.165, 1.54) is 18.2 Å². The third-order valence-corrected chi connectivity index (χ3v) is 4.97. The second kappa shape index (κ2) is 6.15. The number of rotatable bonds is 5. The highest BCUT2D eigenvalue weighted by Gasteiger charge is 2.19. The van der Waals surface area contributed by atoms with Crippen LogP contribution in [0.4, 0.5) is 0 Å². The highest BCUT2D eigenvalue weighted by Crippen LogP contribution is 2.25. The molecule has 0 bridgehead atoms. The van der Waals surface area contributed by atoms with E-state index in [1.54, 1.807) is 6.92 Å². The topological polar surface area (TPSA) is 66.4 Å². The van der Waals surface area contributed by atoms with Gasteiger partial charge in [-0.2, -0.15) is 0 Å². The van der Waals surface area contributed by atoms with Gasteiger partial charge in [0.05, 0.1) is 16.5 Å². The van der Waals surface area contributed by atoms with Gasteiger partial charge in [0, 0.05) is 10.5 Å². The minimum Gasteiger partial charge on any atom is -0.395 e. The molecule has 0 radical (unpaired) electrons. The molecule has 0 heterocycles. The maximum Gasteiger partial charge on any atom is 0.240 e. The average molecular weight is 343 g/mol. The van der Waals surface area contributed by atoms with Gasteiger partial charge in [-0.25, -0.2) is 13.1 Å². The number of sulfonamides is 1. The highest BCUT2D eigenvalue weighted by molar-refractivity contribution is 9.10. The van der Waals surface area contributed by atoms with Crippen LogP contribution < -0.4 is 4.72 Å². The van der Waals surface area contributed by atoms with Crippen molar-refractivity contribution in [3.63, 3.8) is 0 Å². The third-order valence-electron chi connectivity index (χ3n) is 2.24. The molecule has 17 heavy (non-hydrogen) atoms. The van der Waals surface area contributed by atoms with Crippen molar-refractivity contribution in [3.05, 3.63) is 27.7 Å². The van der Waals surface area contributed by atoms with Crippen LogP contribution in [0.5, 0.6) is 0 Å². The summed E-state index contributed by atoms with van der Waals surface area (Å²) in [7, 11) is -3.62. The molecule has 0 spiro atoms. The Morgan fingerprint density at radius 1 is 1.53 bits per heavy atom. The van der Waals surface area contributed by atoms with Crippen molar-refractivity contribution in [2.24, 2.45) is 0 Å². The molecule has 1 aromatic rings. The van der Waals surface area contributed by atoms with Gasteiger partial charge in [-0.05, 0) is 40.5 Å². The number of hydrogen-bond acceptors (Lipinski definition) is 3. The van der Waals surface area contributed by atoms with Crippen molar-refractivity contribution in [2.45, 2.75) is 24.3 Å². The van der Waals surface area contributed by atoms with E-state index < -0.39 is 16.1 Å². The molecule has 1 atom stereocenters. The zero-order valence-electron chi connectivity index (χ0n) is 9.15. The number of hydrogen-bond donors (Lipinski definition) is 2. The predicted octanol–water partition coefficient (Wildman–Crippen LogP) is 2.15. The largest absolute Gasteiger partial charge is 0.395 e. The Bertz CT molecular complexity index is 488. The number of benzene rings is 1. The standard InChI is InChI=1S/C10H13BrClNO3S/c1-2-7(6-14)13-17(15,16)8-3-4-10(12)9(11)5-8/h3-5,7,13-14H,2,6H2,1H3. The summed E-state index contributed by atoms with van der Waals surface area (Å²) in [5.41, 5.74) is 0. The fraction of sp³-hybridized carbons (Fsp3) is 0.400. The van der Waals surface area contributed by atoms with Gasteiger partial charge in [0.2, 0.25) is 10.0 Å². The molecule has 0 fully saturated rings. The van der Waals surface area contributed by atoms with Crippen LogP contribution in [0.2, 0.25) is 5.02 Å². The van der Waals surface area contributed by atoms with Crippen molar-refractivity contribution in [1.29, 1.82) is 0 Å². The fourth-order valence-electron chi connectivity index (χ4n) is 1.18. The summed E-state index contributed by atoms with van der Waals surface area (Å²) in [4.78, 5) is 0.112. The van der Waals surface area contributed by atoms with Crippen LogP contribution >= 0.6 is 27.5 Å². The van der Waals surface area contributed by atoms with Gasteiger partial charge in [0.25, 0.3) is 0 Å².